The zero-order valence-corrected chi connectivity index (χ0v) is 11.7. The average Bonchev–Trinajstić information content (AvgIpc) is 2.83. The van der Waals surface area contributed by atoms with Gasteiger partial charge in [-0.15, -0.1) is 0 Å². The second kappa shape index (κ2) is 5.69. The van der Waals surface area contributed by atoms with E-state index in [0.29, 0.717) is 23.0 Å². The number of nitrogens with zero attached hydrogens (tertiary/aromatic N) is 1. The van der Waals surface area contributed by atoms with Gasteiger partial charge in [0.1, 0.15) is 5.82 Å². The van der Waals surface area contributed by atoms with Gasteiger partial charge in [0.05, 0.1) is 16.8 Å². The summed E-state index contributed by atoms with van der Waals surface area (Å²) in [6.45, 7) is 0.731. The average molecular weight is 330 g/mol. The molecule has 0 bridgehead atoms. The zero-order valence-electron chi connectivity index (χ0n) is 10.1. The molecule has 1 aliphatic rings. The smallest absolute Gasteiger partial charge is 0.308 e. The number of carboxylic acids is 1. The second-order valence-corrected chi connectivity index (χ2v) is 5.44. The zero-order chi connectivity index (χ0) is 14.0. The summed E-state index contributed by atoms with van der Waals surface area (Å²) in [5, 5.41) is 8.88. The van der Waals surface area contributed by atoms with E-state index in [2.05, 4.69) is 15.9 Å². The summed E-state index contributed by atoms with van der Waals surface area (Å²) in [5.74, 6) is -1.82. The van der Waals surface area contributed by atoms with E-state index in [1.807, 2.05) is 0 Å². The SMILES string of the molecule is O=C(O)C1CCN(C(=O)Cc2ccc(F)c(Br)c2)C1. The Bertz CT molecular complexity index is 521. The summed E-state index contributed by atoms with van der Waals surface area (Å²) in [7, 11) is 0. The van der Waals surface area contributed by atoms with Crippen LogP contribution in [-0.2, 0) is 16.0 Å². The van der Waals surface area contributed by atoms with Crippen LogP contribution in [0.5, 0.6) is 0 Å². The highest BCUT2D eigenvalue weighted by Crippen LogP contribution is 2.20. The molecule has 2 rings (SSSR count). The van der Waals surface area contributed by atoms with Crippen LogP contribution in [-0.4, -0.2) is 35.0 Å². The van der Waals surface area contributed by atoms with Gasteiger partial charge in [0.25, 0.3) is 0 Å². The quantitative estimate of drug-likeness (QED) is 0.923. The first-order chi connectivity index (χ1) is 8.97. The van der Waals surface area contributed by atoms with Gasteiger partial charge < -0.3 is 10.0 Å². The first kappa shape index (κ1) is 14.0. The summed E-state index contributed by atoms with van der Waals surface area (Å²) in [5.41, 5.74) is 0.706. The van der Waals surface area contributed by atoms with Crippen LogP contribution < -0.4 is 0 Å². The molecular formula is C13H13BrFNO3. The number of halogens is 2. The lowest BCUT2D eigenvalue weighted by molar-refractivity contribution is -0.141. The maximum atomic E-state index is 13.1. The molecule has 19 heavy (non-hydrogen) atoms. The molecule has 1 atom stereocenters. The van der Waals surface area contributed by atoms with Crippen LogP contribution >= 0.6 is 15.9 Å². The van der Waals surface area contributed by atoms with Crippen molar-refractivity contribution in [1.29, 1.82) is 0 Å². The molecule has 1 heterocycles. The molecule has 1 N–H and O–H groups in total. The number of carbonyl (C=O) groups excluding carboxylic acids is 1. The molecule has 1 amide bonds. The highest BCUT2D eigenvalue weighted by molar-refractivity contribution is 9.10. The first-order valence-corrected chi connectivity index (χ1v) is 6.71. The van der Waals surface area contributed by atoms with Gasteiger partial charge in [-0.1, -0.05) is 6.07 Å². The molecular weight excluding hydrogens is 317 g/mol. The van der Waals surface area contributed by atoms with E-state index in [4.69, 9.17) is 5.11 Å². The normalized spacial score (nSPS) is 18.6. The molecule has 0 aromatic heterocycles. The molecule has 0 spiro atoms. The fourth-order valence-electron chi connectivity index (χ4n) is 2.12. The molecule has 1 aromatic carbocycles. The Morgan fingerprint density at radius 3 is 2.79 bits per heavy atom. The number of carbonyl (C=O) groups is 2. The summed E-state index contributed by atoms with van der Waals surface area (Å²) in [4.78, 5) is 24.4. The van der Waals surface area contributed by atoms with E-state index in [1.54, 1.807) is 17.0 Å². The Hall–Kier alpha value is -1.43. The van der Waals surface area contributed by atoms with E-state index in [0.717, 1.165) is 0 Å². The topological polar surface area (TPSA) is 57.6 Å². The first-order valence-electron chi connectivity index (χ1n) is 5.92. The largest absolute Gasteiger partial charge is 0.481 e. The minimum atomic E-state index is -0.861. The Kier molecular flexibility index (Phi) is 4.19. The van der Waals surface area contributed by atoms with E-state index in [9.17, 15) is 14.0 Å². The number of benzene rings is 1. The van der Waals surface area contributed by atoms with Gasteiger partial charge >= 0.3 is 5.97 Å². The molecule has 1 fully saturated rings. The van der Waals surface area contributed by atoms with Gasteiger partial charge in [-0.3, -0.25) is 9.59 Å². The van der Waals surface area contributed by atoms with Crippen LogP contribution in [0.2, 0.25) is 0 Å². The van der Waals surface area contributed by atoms with Gasteiger partial charge in [-0.05, 0) is 40.0 Å². The van der Waals surface area contributed by atoms with Gasteiger partial charge in [-0.2, -0.15) is 0 Å². The Morgan fingerprint density at radius 1 is 1.47 bits per heavy atom. The molecule has 102 valence electrons. The molecule has 1 aromatic rings. The lowest BCUT2D eigenvalue weighted by Crippen LogP contribution is -2.31. The number of hydrogen-bond donors (Lipinski definition) is 1. The van der Waals surface area contributed by atoms with Crippen LogP contribution in [0.3, 0.4) is 0 Å². The molecule has 0 radical (unpaired) electrons. The molecule has 1 saturated heterocycles. The van der Waals surface area contributed by atoms with Crippen molar-refractivity contribution in [3.05, 3.63) is 34.1 Å². The summed E-state index contributed by atoms with van der Waals surface area (Å²) in [6.07, 6.45) is 0.652. The van der Waals surface area contributed by atoms with Gasteiger partial charge in [0.15, 0.2) is 0 Å². The monoisotopic (exact) mass is 329 g/mol. The van der Waals surface area contributed by atoms with Crippen molar-refractivity contribution in [2.24, 2.45) is 5.92 Å². The standard InChI is InChI=1S/C13H13BrFNO3/c14-10-5-8(1-2-11(10)15)6-12(17)16-4-3-9(7-16)13(18)19/h1-2,5,9H,3-4,6-7H2,(H,18,19). The highest BCUT2D eigenvalue weighted by Gasteiger charge is 2.30. The second-order valence-electron chi connectivity index (χ2n) is 4.59. The van der Waals surface area contributed by atoms with Crippen molar-refractivity contribution in [2.45, 2.75) is 12.8 Å². The molecule has 6 heteroatoms. The van der Waals surface area contributed by atoms with Crippen molar-refractivity contribution >= 4 is 27.8 Å². The van der Waals surface area contributed by atoms with Crippen molar-refractivity contribution in [1.82, 2.24) is 4.90 Å². The third-order valence-corrected chi connectivity index (χ3v) is 3.84. The van der Waals surface area contributed by atoms with Crippen LogP contribution in [0.15, 0.2) is 22.7 Å². The number of aliphatic carboxylic acids is 1. The third kappa shape index (κ3) is 3.32. The molecule has 0 aliphatic carbocycles. The van der Waals surface area contributed by atoms with E-state index < -0.39 is 11.9 Å². The maximum absolute atomic E-state index is 13.1. The van der Waals surface area contributed by atoms with E-state index in [-0.39, 0.29) is 24.7 Å². The van der Waals surface area contributed by atoms with E-state index >= 15 is 0 Å². The fraction of sp³-hybridized carbons (Fsp3) is 0.385. The lowest BCUT2D eigenvalue weighted by Gasteiger charge is -2.15. The predicted octanol–water partition coefficient (Wildman–Crippen LogP) is 2.06. The highest BCUT2D eigenvalue weighted by atomic mass is 79.9. The van der Waals surface area contributed by atoms with Crippen molar-refractivity contribution in [2.75, 3.05) is 13.1 Å². The molecule has 1 aliphatic heterocycles. The lowest BCUT2D eigenvalue weighted by atomic mass is 10.1. The Morgan fingerprint density at radius 2 is 2.21 bits per heavy atom. The predicted molar refractivity (Wildman–Crippen MR) is 70.1 cm³/mol. The summed E-state index contributed by atoms with van der Waals surface area (Å²) >= 11 is 3.07. The van der Waals surface area contributed by atoms with Gasteiger partial charge in [0, 0.05) is 13.1 Å². The molecule has 1 unspecified atom stereocenters. The van der Waals surface area contributed by atoms with Gasteiger partial charge in [0.2, 0.25) is 5.91 Å². The Labute approximate surface area is 118 Å². The van der Waals surface area contributed by atoms with Gasteiger partial charge in [-0.25, -0.2) is 4.39 Å². The number of hydrogen-bond acceptors (Lipinski definition) is 2. The number of carboxylic acid groups (broad SMARTS) is 1. The molecule has 4 nitrogen and oxygen atoms in total. The minimum absolute atomic E-state index is 0.123. The van der Waals surface area contributed by atoms with Crippen LogP contribution in [0.4, 0.5) is 4.39 Å². The van der Waals surface area contributed by atoms with Crippen molar-refractivity contribution < 1.29 is 19.1 Å². The van der Waals surface area contributed by atoms with Crippen LogP contribution in [0.1, 0.15) is 12.0 Å². The third-order valence-electron chi connectivity index (χ3n) is 3.23. The van der Waals surface area contributed by atoms with Crippen LogP contribution in [0.25, 0.3) is 0 Å². The number of amides is 1. The summed E-state index contributed by atoms with van der Waals surface area (Å²) < 4.78 is 13.4. The van der Waals surface area contributed by atoms with Crippen LogP contribution in [0, 0.1) is 11.7 Å². The number of likely N-dealkylation sites (tertiary alicyclic amines) is 1. The fourth-order valence-corrected chi connectivity index (χ4v) is 2.55. The maximum Gasteiger partial charge on any atom is 0.308 e. The van der Waals surface area contributed by atoms with E-state index in [1.165, 1.54) is 6.07 Å². The van der Waals surface area contributed by atoms with Crippen molar-refractivity contribution in [3.63, 3.8) is 0 Å². The minimum Gasteiger partial charge on any atom is -0.481 e. The van der Waals surface area contributed by atoms with Crippen molar-refractivity contribution in [3.8, 4) is 0 Å². The number of rotatable bonds is 3. The molecule has 0 saturated carbocycles. The Balaban J connectivity index is 1.98. The summed E-state index contributed by atoms with van der Waals surface area (Å²) in [6, 6.07) is 4.43.